The minimum atomic E-state index is -0.565. The van der Waals surface area contributed by atoms with Crippen molar-refractivity contribution in [1.29, 1.82) is 0 Å². The summed E-state index contributed by atoms with van der Waals surface area (Å²) in [5.41, 5.74) is 6.89. The van der Waals surface area contributed by atoms with Crippen LogP contribution in [0.25, 0.3) is 0 Å². The molecule has 1 aromatic heterocycles. The minimum Gasteiger partial charge on any atom is -0.350 e. The van der Waals surface area contributed by atoms with Crippen LogP contribution in [0.15, 0.2) is 11.7 Å². The highest BCUT2D eigenvalue weighted by atomic mass is 32.1. The lowest BCUT2D eigenvalue weighted by Crippen LogP contribution is -2.42. The number of nitrogens with zero attached hydrogens (tertiary/aromatic N) is 1. The zero-order valence-electron chi connectivity index (χ0n) is 7.12. The van der Waals surface area contributed by atoms with E-state index in [1.165, 1.54) is 11.3 Å². The number of amides is 1. The summed E-state index contributed by atoms with van der Waals surface area (Å²) < 4.78 is 0. The Bertz CT molecular complexity index is 305. The molecule has 0 saturated heterocycles. The standard InChI is InChI=1S/C8H11N3OS/c9-8(1-2-8)7(12)11-4-6-3-10-5-13-6/h3,5H,1-2,4,9H2,(H,11,12). The third-order valence-electron chi connectivity index (χ3n) is 2.15. The fourth-order valence-electron chi connectivity index (χ4n) is 1.03. The van der Waals surface area contributed by atoms with Gasteiger partial charge in [-0.05, 0) is 12.8 Å². The molecule has 70 valence electrons. The zero-order valence-corrected chi connectivity index (χ0v) is 7.93. The highest BCUT2D eigenvalue weighted by molar-refractivity contribution is 7.09. The van der Waals surface area contributed by atoms with Crippen molar-refractivity contribution in [2.24, 2.45) is 5.73 Å². The average molecular weight is 197 g/mol. The summed E-state index contributed by atoms with van der Waals surface area (Å²) in [4.78, 5) is 16.3. The molecule has 0 bridgehead atoms. The van der Waals surface area contributed by atoms with Gasteiger partial charge in [0, 0.05) is 11.1 Å². The molecule has 1 heterocycles. The smallest absolute Gasteiger partial charge is 0.240 e. The van der Waals surface area contributed by atoms with Gasteiger partial charge in [0.15, 0.2) is 0 Å². The Balaban J connectivity index is 1.83. The molecule has 3 N–H and O–H groups in total. The number of carbonyl (C=O) groups excluding carboxylic acids is 1. The maximum Gasteiger partial charge on any atom is 0.240 e. The van der Waals surface area contributed by atoms with Crippen LogP contribution in [0.3, 0.4) is 0 Å². The molecule has 1 aliphatic carbocycles. The van der Waals surface area contributed by atoms with Gasteiger partial charge in [-0.15, -0.1) is 11.3 Å². The summed E-state index contributed by atoms with van der Waals surface area (Å²) in [5, 5.41) is 2.79. The number of nitrogens with two attached hydrogens (primary N) is 1. The van der Waals surface area contributed by atoms with Crippen LogP contribution in [0.5, 0.6) is 0 Å². The fraction of sp³-hybridized carbons (Fsp3) is 0.500. The highest BCUT2D eigenvalue weighted by Crippen LogP contribution is 2.32. The Morgan fingerprint density at radius 1 is 1.77 bits per heavy atom. The summed E-state index contributed by atoms with van der Waals surface area (Å²) >= 11 is 1.53. The Morgan fingerprint density at radius 2 is 2.54 bits per heavy atom. The molecule has 1 saturated carbocycles. The van der Waals surface area contributed by atoms with E-state index in [1.807, 2.05) is 0 Å². The van der Waals surface area contributed by atoms with Crippen LogP contribution < -0.4 is 11.1 Å². The zero-order chi connectivity index (χ0) is 9.31. The van der Waals surface area contributed by atoms with Crippen LogP contribution in [-0.4, -0.2) is 16.4 Å². The number of thiazole rings is 1. The predicted octanol–water partition coefficient (Wildman–Crippen LogP) is 0.251. The summed E-state index contributed by atoms with van der Waals surface area (Å²) in [6.45, 7) is 0.544. The first-order chi connectivity index (χ1) is 6.21. The number of nitrogens with one attached hydrogen (secondary N) is 1. The second kappa shape index (κ2) is 3.08. The van der Waals surface area contributed by atoms with Gasteiger partial charge in [-0.3, -0.25) is 9.78 Å². The third-order valence-corrected chi connectivity index (χ3v) is 2.93. The van der Waals surface area contributed by atoms with E-state index in [0.717, 1.165) is 17.7 Å². The third kappa shape index (κ3) is 1.87. The molecule has 1 aromatic rings. The molecule has 0 spiro atoms. The molecular formula is C8H11N3OS. The van der Waals surface area contributed by atoms with Crippen molar-refractivity contribution in [1.82, 2.24) is 10.3 Å². The van der Waals surface area contributed by atoms with Gasteiger partial charge < -0.3 is 11.1 Å². The van der Waals surface area contributed by atoms with E-state index in [1.54, 1.807) is 11.7 Å². The first-order valence-electron chi connectivity index (χ1n) is 4.15. The van der Waals surface area contributed by atoms with Crippen molar-refractivity contribution in [3.63, 3.8) is 0 Å². The lowest BCUT2D eigenvalue weighted by Gasteiger charge is -2.08. The Morgan fingerprint density at radius 3 is 3.08 bits per heavy atom. The average Bonchev–Trinajstić information content (AvgIpc) is 2.70. The van der Waals surface area contributed by atoms with E-state index in [0.29, 0.717) is 6.54 Å². The van der Waals surface area contributed by atoms with E-state index in [9.17, 15) is 4.79 Å². The van der Waals surface area contributed by atoms with Crippen LogP contribution in [-0.2, 0) is 11.3 Å². The molecule has 0 radical (unpaired) electrons. The van der Waals surface area contributed by atoms with E-state index in [2.05, 4.69) is 10.3 Å². The highest BCUT2D eigenvalue weighted by Gasteiger charge is 2.45. The van der Waals surface area contributed by atoms with Gasteiger partial charge in [-0.2, -0.15) is 0 Å². The van der Waals surface area contributed by atoms with Gasteiger partial charge >= 0.3 is 0 Å². The van der Waals surface area contributed by atoms with Crippen molar-refractivity contribution in [3.05, 3.63) is 16.6 Å². The Hall–Kier alpha value is -0.940. The van der Waals surface area contributed by atoms with Gasteiger partial charge in [-0.25, -0.2) is 0 Å². The first-order valence-corrected chi connectivity index (χ1v) is 5.03. The second-order valence-corrected chi connectivity index (χ2v) is 4.28. The number of hydrogen-bond acceptors (Lipinski definition) is 4. The summed E-state index contributed by atoms with van der Waals surface area (Å²) in [7, 11) is 0. The van der Waals surface area contributed by atoms with E-state index < -0.39 is 5.54 Å². The molecule has 0 atom stereocenters. The number of aromatic nitrogens is 1. The van der Waals surface area contributed by atoms with Crippen molar-refractivity contribution >= 4 is 17.2 Å². The van der Waals surface area contributed by atoms with Gasteiger partial charge in [0.2, 0.25) is 5.91 Å². The maximum atomic E-state index is 11.4. The van der Waals surface area contributed by atoms with Crippen LogP contribution in [0.1, 0.15) is 17.7 Å². The van der Waals surface area contributed by atoms with Gasteiger partial charge in [-0.1, -0.05) is 0 Å². The van der Waals surface area contributed by atoms with Crippen molar-refractivity contribution in [3.8, 4) is 0 Å². The number of rotatable bonds is 3. The van der Waals surface area contributed by atoms with E-state index >= 15 is 0 Å². The molecule has 1 aliphatic rings. The lowest BCUT2D eigenvalue weighted by atomic mass is 10.3. The Labute approximate surface area is 80.2 Å². The minimum absolute atomic E-state index is 0.0408. The maximum absolute atomic E-state index is 11.4. The van der Waals surface area contributed by atoms with Crippen LogP contribution in [0.2, 0.25) is 0 Å². The molecule has 1 fully saturated rings. The molecule has 0 aromatic carbocycles. The van der Waals surface area contributed by atoms with Crippen molar-refractivity contribution in [2.45, 2.75) is 24.9 Å². The lowest BCUT2D eigenvalue weighted by molar-refractivity contribution is -0.123. The van der Waals surface area contributed by atoms with Gasteiger partial charge in [0.1, 0.15) is 0 Å². The second-order valence-electron chi connectivity index (χ2n) is 3.31. The van der Waals surface area contributed by atoms with E-state index in [4.69, 9.17) is 5.73 Å². The first kappa shape index (κ1) is 8.65. The molecule has 5 heteroatoms. The Kier molecular flexibility index (Phi) is 2.05. The topological polar surface area (TPSA) is 68.0 Å². The molecule has 13 heavy (non-hydrogen) atoms. The summed E-state index contributed by atoms with van der Waals surface area (Å²) in [5.74, 6) is -0.0408. The molecular weight excluding hydrogens is 186 g/mol. The van der Waals surface area contributed by atoms with E-state index in [-0.39, 0.29) is 5.91 Å². The SMILES string of the molecule is NC1(C(=O)NCc2cncs2)CC1. The van der Waals surface area contributed by atoms with Crippen LogP contribution >= 0.6 is 11.3 Å². The van der Waals surface area contributed by atoms with Crippen molar-refractivity contribution in [2.75, 3.05) is 0 Å². The largest absolute Gasteiger partial charge is 0.350 e. The van der Waals surface area contributed by atoms with Gasteiger partial charge in [0.05, 0.1) is 17.6 Å². The van der Waals surface area contributed by atoms with Crippen molar-refractivity contribution < 1.29 is 4.79 Å². The monoisotopic (exact) mass is 197 g/mol. The van der Waals surface area contributed by atoms with Gasteiger partial charge in [0.25, 0.3) is 0 Å². The summed E-state index contributed by atoms with van der Waals surface area (Å²) in [6, 6.07) is 0. The normalized spacial score (nSPS) is 18.2. The molecule has 2 rings (SSSR count). The predicted molar refractivity (Wildman–Crippen MR) is 50.1 cm³/mol. The molecule has 0 aliphatic heterocycles. The molecule has 4 nitrogen and oxygen atoms in total. The number of carbonyl (C=O) groups is 1. The molecule has 1 amide bonds. The summed E-state index contributed by atoms with van der Waals surface area (Å²) in [6.07, 6.45) is 3.37. The van der Waals surface area contributed by atoms with Crippen LogP contribution in [0.4, 0.5) is 0 Å². The fourth-order valence-corrected chi connectivity index (χ4v) is 1.57. The number of hydrogen-bond donors (Lipinski definition) is 2. The van der Waals surface area contributed by atoms with Crippen LogP contribution in [0, 0.1) is 0 Å². The molecule has 0 unspecified atom stereocenters. The quantitative estimate of drug-likeness (QED) is 0.730.